The zero-order valence-corrected chi connectivity index (χ0v) is 15.3. The molecule has 0 aliphatic rings. The van der Waals surface area contributed by atoms with E-state index in [0.29, 0.717) is 5.36 Å². The summed E-state index contributed by atoms with van der Waals surface area (Å²) in [7, 11) is 2.10. The summed E-state index contributed by atoms with van der Waals surface area (Å²) < 4.78 is 4.79. The molecule has 0 spiro atoms. The monoisotopic (exact) mass is 356 g/mol. The van der Waals surface area contributed by atoms with E-state index >= 15 is 0 Å². The lowest BCUT2D eigenvalue weighted by Crippen LogP contribution is -2.06. The fourth-order valence-electron chi connectivity index (χ4n) is 3.83. The van der Waals surface area contributed by atoms with Gasteiger partial charge in [-0.15, -0.1) is 11.3 Å². The highest BCUT2D eigenvalue weighted by Crippen LogP contribution is 2.39. The molecule has 5 aromatic rings. The van der Waals surface area contributed by atoms with Gasteiger partial charge in [-0.25, -0.2) is 4.99 Å². The Morgan fingerprint density at radius 1 is 0.923 bits per heavy atom. The van der Waals surface area contributed by atoms with Gasteiger partial charge in [0.15, 0.2) is 0 Å². The second kappa shape index (κ2) is 5.51. The Balaban J connectivity index is 2.12. The zero-order chi connectivity index (χ0) is 17.8. The molecule has 0 saturated heterocycles. The minimum absolute atomic E-state index is 0.182. The molecule has 0 N–H and O–H groups in total. The molecule has 0 bridgehead atoms. The van der Waals surface area contributed by atoms with E-state index in [1.54, 1.807) is 0 Å². The van der Waals surface area contributed by atoms with Crippen molar-refractivity contribution in [3.63, 3.8) is 0 Å². The average Bonchev–Trinajstić information content (AvgIpc) is 2.64. The number of benzene rings is 3. The van der Waals surface area contributed by atoms with E-state index in [1.165, 1.54) is 43.4 Å². The molecule has 1 amide bonds. The molecule has 2 heterocycles. The third kappa shape index (κ3) is 2.12. The van der Waals surface area contributed by atoms with E-state index in [-0.39, 0.29) is 5.91 Å². The summed E-state index contributed by atoms with van der Waals surface area (Å²) in [5.74, 6) is -0.182. The highest BCUT2D eigenvalue weighted by Gasteiger charge is 2.13. The van der Waals surface area contributed by atoms with Crippen LogP contribution in [0.25, 0.3) is 42.0 Å². The standard InChI is InChI=1S/C22H16N2OS/c1-13(25)23-14-10-11-15-16-7-5-9-20-21(16)22(24(2)18(15)12-14)17-6-3-4-8-19(17)26-20/h3-12H,1-2H3. The number of fused-ring (bicyclic) bond motifs is 4. The smallest absolute Gasteiger partial charge is 0.243 e. The molecule has 2 aromatic heterocycles. The lowest BCUT2D eigenvalue weighted by atomic mass is 10.0. The lowest BCUT2D eigenvalue weighted by Gasteiger charge is -2.17. The maximum Gasteiger partial charge on any atom is 0.243 e. The number of amides is 1. The molecule has 4 heteroatoms. The molecule has 0 fully saturated rings. The number of carbonyl (C=O) groups excluding carboxylic acids is 1. The number of hydrogen-bond acceptors (Lipinski definition) is 2. The Kier molecular flexibility index (Phi) is 3.24. The van der Waals surface area contributed by atoms with E-state index in [9.17, 15) is 4.79 Å². The van der Waals surface area contributed by atoms with Crippen molar-refractivity contribution in [3.05, 3.63) is 66.0 Å². The summed E-state index contributed by atoms with van der Waals surface area (Å²) >= 11 is 1.83. The van der Waals surface area contributed by atoms with Gasteiger partial charge in [0.05, 0.1) is 16.4 Å². The van der Waals surface area contributed by atoms with Crippen molar-refractivity contribution >= 4 is 59.2 Å². The average molecular weight is 356 g/mol. The normalized spacial score (nSPS) is 12.6. The minimum atomic E-state index is -0.182. The topological polar surface area (TPSA) is 34.4 Å². The van der Waals surface area contributed by atoms with Crippen LogP contribution in [0, 0.1) is 0 Å². The maximum absolute atomic E-state index is 11.4. The molecule has 3 nitrogen and oxygen atoms in total. The molecule has 0 unspecified atom stereocenters. The molecule has 126 valence electrons. The van der Waals surface area contributed by atoms with Gasteiger partial charge in [0, 0.05) is 39.5 Å². The Labute approximate surface area is 153 Å². The molecular weight excluding hydrogens is 340 g/mol. The number of carbonyl (C=O) groups is 1. The number of aromatic nitrogens is 1. The number of pyridine rings is 1. The van der Waals surface area contributed by atoms with Crippen molar-refractivity contribution in [2.75, 3.05) is 0 Å². The van der Waals surface area contributed by atoms with Crippen molar-refractivity contribution in [1.82, 2.24) is 4.57 Å². The zero-order valence-electron chi connectivity index (χ0n) is 14.5. The molecule has 3 aromatic carbocycles. The lowest BCUT2D eigenvalue weighted by molar-refractivity contribution is -0.116. The Morgan fingerprint density at radius 2 is 1.69 bits per heavy atom. The number of aryl methyl sites for hydroxylation is 1. The van der Waals surface area contributed by atoms with E-state index in [0.717, 1.165) is 5.52 Å². The van der Waals surface area contributed by atoms with Crippen LogP contribution in [-0.2, 0) is 11.8 Å². The van der Waals surface area contributed by atoms with Gasteiger partial charge in [-0.1, -0.05) is 36.4 Å². The highest BCUT2D eigenvalue weighted by molar-refractivity contribution is 7.25. The van der Waals surface area contributed by atoms with Crippen molar-refractivity contribution < 1.29 is 4.79 Å². The largest absolute Gasteiger partial charge is 0.343 e. The quantitative estimate of drug-likeness (QED) is 0.279. The summed E-state index contributed by atoms with van der Waals surface area (Å²) in [4.78, 5) is 15.5. The molecule has 5 rings (SSSR count). The molecule has 0 atom stereocenters. The van der Waals surface area contributed by atoms with Gasteiger partial charge in [-0.05, 0) is 29.7 Å². The van der Waals surface area contributed by atoms with Gasteiger partial charge >= 0.3 is 0 Å². The SMILES string of the molecule is CC(=O)N=c1ccc2c3cccc4sc5ccccc5c(c43)n(C)c2c1. The number of rotatable bonds is 0. The number of hydrogen-bond donors (Lipinski definition) is 0. The molecular formula is C22H16N2OS. The highest BCUT2D eigenvalue weighted by atomic mass is 32.1. The summed E-state index contributed by atoms with van der Waals surface area (Å²) in [6.45, 7) is 1.48. The summed E-state index contributed by atoms with van der Waals surface area (Å²) in [5, 5.41) is 5.65. The van der Waals surface area contributed by atoms with Crippen molar-refractivity contribution in [1.29, 1.82) is 0 Å². The van der Waals surface area contributed by atoms with Gasteiger partial charge in [-0.3, -0.25) is 4.79 Å². The minimum Gasteiger partial charge on any atom is -0.343 e. The Morgan fingerprint density at radius 3 is 2.54 bits per heavy atom. The van der Waals surface area contributed by atoms with Crippen LogP contribution in [0.1, 0.15) is 6.92 Å². The van der Waals surface area contributed by atoms with Crippen LogP contribution in [0.2, 0.25) is 0 Å². The summed E-state index contributed by atoms with van der Waals surface area (Å²) in [5.41, 5.74) is 2.30. The fraction of sp³-hybridized carbons (Fsp3) is 0.0909. The fourth-order valence-corrected chi connectivity index (χ4v) is 4.95. The first-order valence-corrected chi connectivity index (χ1v) is 9.33. The van der Waals surface area contributed by atoms with Crippen LogP contribution in [0.3, 0.4) is 0 Å². The van der Waals surface area contributed by atoms with Crippen LogP contribution >= 0.6 is 11.3 Å². The van der Waals surface area contributed by atoms with E-state index in [2.05, 4.69) is 65.1 Å². The third-order valence-electron chi connectivity index (χ3n) is 4.88. The van der Waals surface area contributed by atoms with E-state index in [4.69, 9.17) is 0 Å². The third-order valence-corrected chi connectivity index (χ3v) is 6.02. The number of nitrogens with zero attached hydrogens (tertiary/aromatic N) is 2. The molecule has 0 aliphatic heterocycles. The van der Waals surface area contributed by atoms with Crippen LogP contribution in [-0.4, -0.2) is 10.5 Å². The van der Waals surface area contributed by atoms with Crippen LogP contribution < -0.4 is 5.36 Å². The molecule has 26 heavy (non-hydrogen) atoms. The van der Waals surface area contributed by atoms with Crippen LogP contribution in [0.5, 0.6) is 0 Å². The van der Waals surface area contributed by atoms with Crippen molar-refractivity contribution in [3.8, 4) is 0 Å². The van der Waals surface area contributed by atoms with Crippen molar-refractivity contribution in [2.45, 2.75) is 6.92 Å². The first-order chi connectivity index (χ1) is 12.6. The molecule has 0 saturated carbocycles. The maximum atomic E-state index is 11.4. The van der Waals surface area contributed by atoms with Gasteiger partial charge in [0.25, 0.3) is 0 Å². The first-order valence-electron chi connectivity index (χ1n) is 8.51. The van der Waals surface area contributed by atoms with Crippen LogP contribution in [0.4, 0.5) is 0 Å². The first kappa shape index (κ1) is 15.3. The molecule has 0 radical (unpaired) electrons. The van der Waals surface area contributed by atoms with E-state index < -0.39 is 0 Å². The second-order valence-corrected chi connectivity index (χ2v) is 7.60. The van der Waals surface area contributed by atoms with E-state index in [1.807, 2.05) is 23.5 Å². The van der Waals surface area contributed by atoms with Gasteiger partial charge in [0.2, 0.25) is 5.91 Å². The second-order valence-electron chi connectivity index (χ2n) is 6.52. The predicted molar refractivity (Wildman–Crippen MR) is 110 cm³/mol. The molecule has 0 aliphatic carbocycles. The summed E-state index contributed by atoms with van der Waals surface area (Å²) in [6.07, 6.45) is 0. The van der Waals surface area contributed by atoms with Crippen molar-refractivity contribution in [2.24, 2.45) is 12.0 Å². The van der Waals surface area contributed by atoms with Gasteiger partial charge < -0.3 is 4.57 Å². The predicted octanol–water partition coefficient (Wildman–Crippen LogP) is 5.15. The summed E-state index contributed by atoms with van der Waals surface area (Å²) in [6, 6.07) is 21.0. The Hall–Kier alpha value is -2.98. The van der Waals surface area contributed by atoms with Gasteiger partial charge in [-0.2, -0.15) is 0 Å². The van der Waals surface area contributed by atoms with Gasteiger partial charge in [0.1, 0.15) is 0 Å². The Bertz CT molecular complexity index is 1420. The van der Waals surface area contributed by atoms with Crippen LogP contribution in [0.15, 0.2) is 65.7 Å².